The molecule has 2 nitrogen and oxygen atoms in total. The molecule has 1 saturated carbocycles. The summed E-state index contributed by atoms with van der Waals surface area (Å²) in [5.41, 5.74) is 0. The highest BCUT2D eigenvalue weighted by Gasteiger charge is 2.15. The van der Waals surface area contributed by atoms with E-state index in [9.17, 15) is 0 Å². The van der Waals surface area contributed by atoms with Crippen LogP contribution in [0.5, 0.6) is 0 Å². The zero-order chi connectivity index (χ0) is 10.1. The standard InChI is InChI=1S/C12H25NO/c1-2-3-10-14-11-9-13-8-7-12-5-4-6-12/h12-13H,2-11H2,1H3. The molecule has 0 amide bonds. The number of hydrogen-bond acceptors (Lipinski definition) is 2. The van der Waals surface area contributed by atoms with Crippen molar-refractivity contribution >= 4 is 0 Å². The SMILES string of the molecule is CCCCOCCNCCC1CCC1. The van der Waals surface area contributed by atoms with Crippen molar-refractivity contribution in [1.29, 1.82) is 0 Å². The van der Waals surface area contributed by atoms with Crippen LogP contribution in [0.2, 0.25) is 0 Å². The summed E-state index contributed by atoms with van der Waals surface area (Å²) in [7, 11) is 0. The van der Waals surface area contributed by atoms with Crippen LogP contribution in [0, 0.1) is 5.92 Å². The average Bonchev–Trinajstić information content (AvgIpc) is 2.13. The zero-order valence-electron chi connectivity index (χ0n) is 9.56. The van der Waals surface area contributed by atoms with Crippen molar-refractivity contribution in [2.24, 2.45) is 5.92 Å². The fourth-order valence-corrected chi connectivity index (χ4v) is 1.71. The van der Waals surface area contributed by atoms with Crippen LogP contribution in [-0.4, -0.2) is 26.3 Å². The Hall–Kier alpha value is -0.0800. The summed E-state index contributed by atoms with van der Waals surface area (Å²) < 4.78 is 5.46. The highest BCUT2D eigenvalue weighted by Crippen LogP contribution is 2.28. The second kappa shape index (κ2) is 8.25. The van der Waals surface area contributed by atoms with E-state index in [0.717, 1.165) is 25.7 Å². The van der Waals surface area contributed by atoms with Crippen molar-refractivity contribution in [3.8, 4) is 0 Å². The van der Waals surface area contributed by atoms with Gasteiger partial charge < -0.3 is 10.1 Å². The molecule has 0 aliphatic heterocycles. The predicted octanol–water partition coefficient (Wildman–Crippen LogP) is 2.58. The highest BCUT2D eigenvalue weighted by molar-refractivity contribution is 4.70. The van der Waals surface area contributed by atoms with Crippen LogP contribution >= 0.6 is 0 Å². The molecule has 84 valence electrons. The van der Waals surface area contributed by atoms with E-state index in [-0.39, 0.29) is 0 Å². The lowest BCUT2D eigenvalue weighted by atomic mass is 9.83. The maximum absolute atomic E-state index is 5.46. The fourth-order valence-electron chi connectivity index (χ4n) is 1.71. The van der Waals surface area contributed by atoms with Gasteiger partial charge in [-0.2, -0.15) is 0 Å². The first-order chi connectivity index (χ1) is 6.93. The number of nitrogens with one attached hydrogen (secondary N) is 1. The Kier molecular flexibility index (Phi) is 7.06. The van der Waals surface area contributed by atoms with E-state index in [2.05, 4.69) is 12.2 Å². The number of rotatable bonds is 9. The van der Waals surface area contributed by atoms with Gasteiger partial charge in [-0.15, -0.1) is 0 Å². The quantitative estimate of drug-likeness (QED) is 0.576. The summed E-state index contributed by atoms with van der Waals surface area (Å²) in [6.45, 7) is 6.21. The average molecular weight is 199 g/mol. The summed E-state index contributed by atoms with van der Waals surface area (Å²) in [6.07, 6.45) is 8.19. The monoisotopic (exact) mass is 199 g/mol. The summed E-state index contributed by atoms with van der Waals surface area (Å²) in [5.74, 6) is 1.03. The number of ether oxygens (including phenoxy) is 1. The van der Waals surface area contributed by atoms with Crippen LogP contribution in [0.4, 0.5) is 0 Å². The molecule has 1 rings (SSSR count). The number of hydrogen-bond donors (Lipinski definition) is 1. The molecule has 0 aromatic carbocycles. The molecular weight excluding hydrogens is 174 g/mol. The van der Waals surface area contributed by atoms with Gasteiger partial charge in [0, 0.05) is 13.2 Å². The van der Waals surface area contributed by atoms with Crippen LogP contribution in [-0.2, 0) is 4.74 Å². The van der Waals surface area contributed by atoms with Crippen molar-refractivity contribution < 1.29 is 4.74 Å². The van der Waals surface area contributed by atoms with E-state index in [1.165, 1.54) is 45.1 Å². The van der Waals surface area contributed by atoms with E-state index in [1.807, 2.05) is 0 Å². The summed E-state index contributed by atoms with van der Waals surface area (Å²) >= 11 is 0. The molecule has 1 fully saturated rings. The Morgan fingerprint density at radius 2 is 2.07 bits per heavy atom. The van der Waals surface area contributed by atoms with Crippen LogP contribution in [0.3, 0.4) is 0 Å². The first-order valence-electron chi connectivity index (χ1n) is 6.22. The van der Waals surface area contributed by atoms with Gasteiger partial charge in [-0.1, -0.05) is 32.6 Å². The van der Waals surface area contributed by atoms with E-state index in [1.54, 1.807) is 0 Å². The lowest BCUT2D eigenvalue weighted by molar-refractivity contribution is 0.132. The van der Waals surface area contributed by atoms with Crippen LogP contribution < -0.4 is 5.32 Å². The maximum atomic E-state index is 5.46. The first kappa shape index (κ1) is 12.0. The van der Waals surface area contributed by atoms with Gasteiger partial charge in [0.2, 0.25) is 0 Å². The molecule has 1 aliphatic carbocycles. The summed E-state index contributed by atoms with van der Waals surface area (Å²) in [6, 6.07) is 0. The largest absolute Gasteiger partial charge is 0.380 e. The highest BCUT2D eigenvalue weighted by atomic mass is 16.5. The minimum Gasteiger partial charge on any atom is -0.380 e. The second-order valence-electron chi connectivity index (χ2n) is 4.30. The molecule has 0 aromatic heterocycles. The van der Waals surface area contributed by atoms with Crippen LogP contribution in [0.25, 0.3) is 0 Å². The molecule has 0 atom stereocenters. The Labute approximate surface area is 88.4 Å². The third-order valence-corrected chi connectivity index (χ3v) is 3.02. The van der Waals surface area contributed by atoms with Crippen LogP contribution in [0.1, 0.15) is 45.4 Å². The molecular formula is C12H25NO. The Morgan fingerprint density at radius 3 is 2.71 bits per heavy atom. The van der Waals surface area contributed by atoms with Gasteiger partial charge in [0.05, 0.1) is 6.61 Å². The van der Waals surface area contributed by atoms with Crippen molar-refractivity contribution in [3.05, 3.63) is 0 Å². The Balaban J connectivity index is 1.67. The maximum Gasteiger partial charge on any atom is 0.0590 e. The molecule has 2 heteroatoms. The van der Waals surface area contributed by atoms with Crippen molar-refractivity contribution in [2.45, 2.75) is 45.4 Å². The molecule has 0 aromatic rings. The molecule has 0 saturated heterocycles. The third kappa shape index (κ3) is 5.61. The van der Waals surface area contributed by atoms with E-state index >= 15 is 0 Å². The Morgan fingerprint density at radius 1 is 1.21 bits per heavy atom. The van der Waals surface area contributed by atoms with E-state index in [0.29, 0.717) is 0 Å². The minimum absolute atomic E-state index is 0.880. The topological polar surface area (TPSA) is 21.3 Å². The molecule has 0 unspecified atom stereocenters. The number of unbranched alkanes of at least 4 members (excludes halogenated alkanes) is 1. The third-order valence-electron chi connectivity index (χ3n) is 3.02. The lowest BCUT2D eigenvalue weighted by Crippen LogP contribution is -2.24. The fraction of sp³-hybridized carbons (Fsp3) is 1.00. The van der Waals surface area contributed by atoms with Gasteiger partial charge in [-0.25, -0.2) is 0 Å². The molecule has 1 aliphatic rings. The van der Waals surface area contributed by atoms with Gasteiger partial charge in [-0.3, -0.25) is 0 Å². The van der Waals surface area contributed by atoms with Gasteiger partial charge in [-0.05, 0) is 25.3 Å². The molecule has 0 heterocycles. The molecule has 14 heavy (non-hydrogen) atoms. The lowest BCUT2D eigenvalue weighted by Gasteiger charge is -2.25. The van der Waals surface area contributed by atoms with Crippen molar-refractivity contribution in [1.82, 2.24) is 5.32 Å². The van der Waals surface area contributed by atoms with E-state index in [4.69, 9.17) is 4.74 Å². The molecule has 0 spiro atoms. The van der Waals surface area contributed by atoms with Crippen LogP contribution in [0.15, 0.2) is 0 Å². The summed E-state index contributed by atoms with van der Waals surface area (Å²) in [5, 5.41) is 3.44. The molecule has 1 N–H and O–H groups in total. The van der Waals surface area contributed by atoms with Gasteiger partial charge in [0.25, 0.3) is 0 Å². The van der Waals surface area contributed by atoms with Gasteiger partial charge in [0.1, 0.15) is 0 Å². The van der Waals surface area contributed by atoms with E-state index < -0.39 is 0 Å². The molecule has 0 bridgehead atoms. The first-order valence-corrected chi connectivity index (χ1v) is 6.22. The summed E-state index contributed by atoms with van der Waals surface area (Å²) in [4.78, 5) is 0. The smallest absolute Gasteiger partial charge is 0.0590 e. The Bertz CT molecular complexity index is 123. The van der Waals surface area contributed by atoms with Crippen molar-refractivity contribution in [3.63, 3.8) is 0 Å². The zero-order valence-corrected chi connectivity index (χ0v) is 9.56. The predicted molar refractivity (Wildman–Crippen MR) is 60.6 cm³/mol. The second-order valence-corrected chi connectivity index (χ2v) is 4.30. The van der Waals surface area contributed by atoms with Crippen molar-refractivity contribution in [2.75, 3.05) is 26.3 Å². The van der Waals surface area contributed by atoms with Gasteiger partial charge >= 0.3 is 0 Å². The normalized spacial score (nSPS) is 16.9. The van der Waals surface area contributed by atoms with Gasteiger partial charge in [0.15, 0.2) is 0 Å². The molecule has 0 radical (unpaired) electrons. The minimum atomic E-state index is 0.880.